The maximum absolute atomic E-state index is 12.1. The molecule has 1 aromatic carbocycles. The zero-order chi connectivity index (χ0) is 15.5. The molecule has 22 heavy (non-hydrogen) atoms. The molecule has 1 aliphatic heterocycles. The maximum atomic E-state index is 12.1. The molecular formula is C16H17NO5. The fourth-order valence-corrected chi connectivity index (χ4v) is 2.67. The zero-order valence-corrected chi connectivity index (χ0v) is 12.3. The quantitative estimate of drug-likeness (QED) is 0.634. The van der Waals surface area contributed by atoms with Gasteiger partial charge in [-0.2, -0.15) is 0 Å². The number of hydrogen-bond donors (Lipinski definition) is 0. The first-order valence-corrected chi connectivity index (χ1v) is 7.26. The lowest BCUT2D eigenvalue weighted by atomic mass is 10.1. The Morgan fingerprint density at radius 3 is 2.77 bits per heavy atom. The molecule has 1 aliphatic rings. The van der Waals surface area contributed by atoms with E-state index in [4.69, 9.17) is 13.9 Å². The molecule has 1 fully saturated rings. The van der Waals surface area contributed by atoms with Crippen LogP contribution in [0.3, 0.4) is 0 Å². The topological polar surface area (TPSA) is 69.0 Å². The van der Waals surface area contributed by atoms with E-state index in [1.54, 1.807) is 6.07 Å². The molecule has 6 heteroatoms. The fourth-order valence-electron chi connectivity index (χ4n) is 2.67. The van der Waals surface area contributed by atoms with Crippen molar-refractivity contribution in [1.29, 1.82) is 0 Å². The Bertz CT molecular complexity index is 746. The van der Waals surface area contributed by atoms with Crippen molar-refractivity contribution >= 4 is 22.9 Å². The molecular weight excluding hydrogens is 286 g/mol. The van der Waals surface area contributed by atoms with Gasteiger partial charge in [0.2, 0.25) is 0 Å². The van der Waals surface area contributed by atoms with Crippen LogP contribution in [0.5, 0.6) is 5.75 Å². The molecule has 0 amide bonds. The summed E-state index contributed by atoms with van der Waals surface area (Å²) < 4.78 is 16.0. The first-order chi connectivity index (χ1) is 10.7. The number of anilines is 1. The highest BCUT2D eigenvalue weighted by atomic mass is 16.5. The second-order valence-corrected chi connectivity index (χ2v) is 4.96. The van der Waals surface area contributed by atoms with Gasteiger partial charge in [0.05, 0.1) is 25.5 Å². The molecule has 0 aliphatic carbocycles. The summed E-state index contributed by atoms with van der Waals surface area (Å²) in [4.78, 5) is 25.5. The van der Waals surface area contributed by atoms with Gasteiger partial charge in [0.25, 0.3) is 0 Å². The van der Waals surface area contributed by atoms with E-state index in [9.17, 15) is 9.59 Å². The van der Waals surface area contributed by atoms with Crippen LogP contribution in [0.1, 0.15) is 17.3 Å². The Labute approximate surface area is 127 Å². The molecule has 0 bridgehead atoms. The van der Waals surface area contributed by atoms with E-state index in [1.807, 2.05) is 24.0 Å². The minimum atomic E-state index is -0.627. The molecule has 1 aromatic heterocycles. The number of ether oxygens (including phenoxy) is 2. The van der Waals surface area contributed by atoms with Crippen molar-refractivity contribution in [1.82, 2.24) is 0 Å². The van der Waals surface area contributed by atoms with Crippen molar-refractivity contribution in [3.63, 3.8) is 0 Å². The summed E-state index contributed by atoms with van der Waals surface area (Å²) >= 11 is 0. The average molecular weight is 303 g/mol. The smallest absolute Gasteiger partial charge is 0.349 e. The van der Waals surface area contributed by atoms with Crippen molar-refractivity contribution in [2.45, 2.75) is 6.92 Å². The van der Waals surface area contributed by atoms with Gasteiger partial charge in [0.1, 0.15) is 16.9 Å². The molecule has 2 aromatic rings. The summed E-state index contributed by atoms with van der Waals surface area (Å²) in [5, 5.41) is 0.729. The average Bonchev–Trinajstić information content (AvgIpc) is 2.54. The third-order valence-corrected chi connectivity index (χ3v) is 3.64. The van der Waals surface area contributed by atoms with Gasteiger partial charge in [-0.15, -0.1) is 0 Å². The van der Waals surface area contributed by atoms with Gasteiger partial charge in [-0.05, 0) is 19.1 Å². The van der Waals surface area contributed by atoms with Crippen molar-refractivity contribution in [3.05, 3.63) is 34.2 Å². The number of carbonyl (C=O) groups is 1. The van der Waals surface area contributed by atoms with Crippen molar-refractivity contribution in [2.24, 2.45) is 0 Å². The third kappa shape index (κ3) is 2.57. The molecule has 0 radical (unpaired) electrons. The van der Waals surface area contributed by atoms with E-state index in [2.05, 4.69) is 0 Å². The Morgan fingerprint density at radius 1 is 1.32 bits per heavy atom. The minimum absolute atomic E-state index is 0.0542. The molecule has 0 saturated carbocycles. The van der Waals surface area contributed by atoms with Crippen LogP contribution >= 0.6 is 0 Å². The molecule has 1 saturated heterocycles. The number of aldehydes is 1. The van der Waals surface area contributed by atoms with Gasteiger partial charge in [-0.1, -0.05) is 0 Å². The van der Waals surface area contributed by atoms with Crippen LogP contribution in [0.15, 0.2) is 27.4 Å². The lowest BCUT2D eigenvalue weighted by Crippen LogP contribution is -2.37. The van der Waals surface area contributed by atoms with Gasteiger partial charge >= 0.3 is 5.63 Å². The van der Waals surface area contributed by atoms with E-state index >= 15 is 0 Å². The van der Waals surface area contributed by atoms with E-state index < -0.39 is 5.63 Å². The van der Waals surface area contributed by atoms with Gasteiger partial charge in [-0.25, -0.2) is 4.79 Å². The number of carbonyl (C=O) groups excluding carboxylic acids is 1. The molecule has 0 N–H and O–H groups in total. The van der Waals surface area contributed by atoms with Gasteiger partial charge < -0.3 is 18.8 Å². The van der Waals surface area contributed by atoms with Crippen LogP contribution in [-0.4, -0.2) is 39.2 Å². The summed E-state index contributed by atoms with van der Waals surface area (Å²) in [6.45, 7) is 4.81. The zero-order valence-electron chi connectivity index (χ0n) is 12.3. The Morgan fingerprint density at radius 2 is 2.09 bits per heavy atom. The summed E-state index contributed by atoms with van der Waals surface area (Å²) in [5.74, 6) is 0.630. The highest BCUT2D eigenvalue weighted by Gasteiger charge is 2.21. The summed E-state index contributed by atoms with van der Waals surface area (Å²) in [5.41, 5.74) is 0.465. The maximum Gasteiger partial charge on any atom is 0.349 e. The standard InChI is InChI=1S/C16H17NO5/c1-2-21-11-3-4-12-14(9-11)22-16(19)13(10-18)15(12)17-5-7-20-8-6-17/h3-4,9-10H,2,5-8H2,1H3. The molecule has 0 unspecified atom stereocenters. The second kappa shape index (κ2) is 6.19. The van der Waals surface area contributed by atoms with Crippen LogP contribution in [-0.2, 0) is 4.74 Å². The number of hydrogen-bond acceptors (Lipinski definition) is 6. The number of nitrogens with zero attached hydrogens (tertiary/aromatic N) is 1. The Hall–Kier alpha value is -2.34. The van der Waals surface area contributed by atoms with Crippen LogP contribution < -0.4 is 15.3 Å². The molecule has 2 heterocycles. The van der Waals surface area contributed by atoms with Gasteiger partial charge in [-0.3, -0.25) is 4.79 Å². The van der Waals surface area contributed by atoms with E-state index in [-0.39, 0.29) is 5.56 Å². The Balaban J connectivity index is 2.21. The summed E-state index contributed by atoms with van der Waals surface area (Å²) in [7, 11) is 0. The summed E-state index contributed by atoms with van der Waals surface area (Å²) in [6.07, 6.45) is 0.562. The molecule has 0 spiro atoms. The normalized spacial score (nSPS) is 15.0. The Kier molecular flexibility index (Phi) is 4.11. The van der Waals surface area contributed by atoms with Crippen molar-refractivity contribution in [2.75, 3.05) is 37.8 Å². The van der Waals surface area contributed by atoms with Crippen LogP contribution in [0.4, 0.5) is 5.69 Å². The van der Waals surface area contributed by atoms with Crippen LogP contribution in [0.2, 0.25) is 0 Å². The highest BCUT2D eigenvalue weighted by molar-refractivity contribution is 5.99. The number of fused-ring (bicyclic) bond motifs is 1. The van der Waals surface area contributed by atoms with Crippen LogP contribution in [0, 0.1) is 0 Å². The molecule has 3 rings (SSSR count). The molecule has 6 nitrogen and oxygen atoms in total. The van der Waals surface area contributed by atoms with E-state index in [1.165, 1.54) is 0 Å². The largest absolute Gasteiger partial charge is 0.494 e. The van der Waals surface area contributed by atoms with Gasteiger partial charge in [0.15, 0.2) is 6.29 Å². The number of morpholine rings is 1. The second-order valence-electron chi connectivity index (χ2n) is 4.96. The monoisotopic (exact) mass is 303 g/mol. The summed E-state index contributed by atoms with van der Waals surface area (Å²) in [6, 6.07) is 5.31. The lowest BCUT2D eigenvalue weighted by Gasteiger charge is -2.30. The van der Waals surface area contributed by atoms with Gasteiger partial charge in [0, 0.05) is 24.5 Å². The van der Waals surface area contributed by atoms with Crippen molar-refractivity contribution < 1.29 is 18.7 Å². The first-order valence-electron chi connectivity index (χ1n) is 7.26. The highest BCUT2D eigenvalue weighted by Crippen LogP contribution is 2.31. The minimum Gasteiger partial charge on any atom is -0.494 e. The van der Waals surface area contributed by atoms with Crippen LogP contribution in [0.25, 0.3) is 11.0 Å². The van der Waals surface area contributed by atoms with E-state index in [0.717, 1.165) is 5.39 Å². The molecule has 0 atom stereocenters. The van der Waals surface area contributed by atoms with E-state index in [0.29, 0.717) is 56.2 Å². The fraction of sp³-hybridized carbons (Fsp3) is 0.375. The first kappa shape index (κ1) is 14.6. The SMILES string of the molecule is CCOc1ccc2c(N3CCOCC3)c(C=O)c(=O)oc2c1. The number of benzene rings is 1. The van der Waals surface area contributed by atoms with Crippen molar-refractivity contribution in [3.8, 4) is 5.75 Å². The lowest BCUT2D eigenvalue weighted by molar-refractivity contribution is 0.111. The predicted octanol–water partition coefficient (Wildman–Crippen LogP) is 1.84. The number of rotatable bonds is 4. The molecule has 116 valence electrons. The predicted molar refractivity (Wildman–Crippen MR) is 82.1 cm³/mol. The third-order valence-electron chi connectivity index (χ3n) is 3.64.